The molecular weight excluding hydrogens is 311 g/mol. The van der Waals surface area contributed by atoms with Crippen LogP contribution in [0.5, 0.6) is 11.5 Å². The number of hydrogen-bond acceptors (Lipinski definition) is 4. The summed E-state index contributed by atoms with van der Waals surface area (Å²) in [6.07, 6.45) is -4.70. The van der Waals surface area contributed by atoms with Gasteiger partial charge >= 0.3 is 6.36 Å². The monoisotopic (exact) mass is 327 g/mol. The number of alkyl halides is 3. The van der Waals surface area contributed by atoms with Gasteiger partial charge in [-0.1, -0.05) is 18.2 Å². The Bertz CT molecular complexity index is 642. The Kier molecular flexibility index (Phi) is 5.33. The highest BCUT2D eigenvalue weighted by molar-refractivity contribution is 5.71. The maximum atomic E-state index is 12.1. The molecule has 0 bridgehead atoms. The van der Waals surface area contributed by atoms with Crippen LogP contribution in [0.1, 0.15) is 0 Å². The van der Waals surface area contributed by atoms with Crippen LogP contribution in [-0.4, -0.2) is 26.7 Å². The lowest BCUT2D eigenvalue weighted by Crippen LogP contribution is -2.16. The number of nitrogens with two attached hydrogens (primary N) is 1. The number of ether oxygens (including phenoxy) is 3. The third-order valence-corrected chi connectivity index (χ3v) is 2.98. The van der Waals surface area contributed by atoms with Crippen molar-refractivity contribution in [2.75, 3.05) is 26.1 Å². The fourth-order valence-corrected chi connectivity index (χ4v) is 1.94. The van der Waals surface area contributed by atoms with Gasteiger partial charge in [0.2, 0.25) is 0 Å². The average molecular weight is 327 g/mol. The molecule has 0 radical (unpaired) electrons. The molecule has 0 atom stereocenters. The van der Waals surface area contributed by atoms with Gasteiger partial charge in [0.15, 0.2) is 0 Å². The van der Waals surface area contributed by atoms with Gasteiger partial charge in [0.1, 0.15) is 18.1 Å². The van der Waals surface area contributed by atoms with Crippen molar-refractivity contribution < 1.29 is 27.4 Å². The Balaban J connectivity index is 2.11. The van der Waals surface area contributed by atoms with E-state index in [1.54, 1.807) is 25.3 Å². The van der Waals surface area contributed by atoms with Gasteiger partial charge in [0, 0.05) is 7.11 Å². The van der Waals surface area contributed by atoms with Crippen LogP contribution in [0.2, 0.25) is 0 Å². The molecule has 0 aliphatic carbocycles. The molecule has 2 aromatic rings. The lowest BCUT2D eigenvalue weighted by molar-refractivity contribution is -0.274. The lowest BCUT2D eigenvalue weighted by atomic mass is 10.0. The maximum absolute atomic E-state index is 12.1. The average Bonchev–Trinajstić information content (AvgIpc) is 2.48. The first-order chi connectivity index (χ1) is 10.9. The van der Waals surface area contributed by atoms with Crippen molar-refractivity contribution in [3.8, 4) is 22.6 Å². The van der Waals surface area contributed by atoms with Gasteiger partial charge in [-0.2, -0.15) is 0 Å². The molecule has 2 N–H and O–H groups in total. The van der Waals surface area contributed by atoms with Gasteiger partial charge in [-0.15, -0.1) is 13.2 Å². The molecule has 2 rings (SSSR count). The van der Waals surface area contributed by atoms with Crippen LogP contribution in [-0.2, 0) is 4.74 Å². The van der Waals surface area contributed by atoms with Crippen LogP contribution < -0.4 is 15.2 Å². The topological polar surface area (TPSA) is 53.7 Å². The molecular formula is C16H16F3NO3. The van der Waals surface area contributed by atoms with E-state index < -0.39 is 6.36 Å². The van der Waals surface area contributed by atoms with Crippen molar-refractivity contribution in [2.24, 2.45) is 0 Å². The number of halogens is 3. The summed E-state index contributed by atoms with van der Waals surface area (Å²) in [5.74, 6) is 0.261. The van der Waals surface area contributed by atoms with Gasteiger partial charge in [-0.05, 0) is 35.4 Å². The summed E-state index contributed by atoms with van der Waals surface area (Å²) in [5, 5.41) is 0. The van der Waals surface area contributed by atoms with E-state index in [1.165, 1.54) is 24.3 Å². The molecule has 0 saturated heterocycles. The second-order valence-electron chi connectivity index (χ2n) is 4.67. The number of hydrogen-bond donors (Lipinski definition) is 1. The van der Waals surface area contributed by atoms with Gasteiger partial charge in [-0.3, -0.25) is 0 Å². The lowest BCUT2D eigenvalue weighted by Gasteiger charge is -2.11. The van der Waals surface area contributed by atoms with Crippen molar-refractivity contribution in [3.05, 3.63) is 42.5 Å². The standard InChI is InChI=1S/C16H16F3NO3/c1-21-8-9-22-15-7-4-12(10-14(15)20)11-2-5-13(6-3-11)23-16(17,18)19/h2-7,10H,8-9,20H2,1H3. The fourth-order valence-electron chi connectivity index (χ4n) is 1.94. The van der Waals surface area contributed by atoms with Gasteiger partial charge in [0.05, 0.1) is 12.3 Å². The highest BCUT2D eigenvalue weighted by atomic mass is 19.4. The Labute approximate surface area is 131 Å². The first kappa shape index (κ1) is 17.0. The van der Waals surface area contributed by atoms with E-state index in [2.05, 4.69) is 4.74 Å². The summed E-state index contributed by atoms with van der Waals surface area (Å²) in [4.78, 5) is 0. The number of anilines is 1. The van der Waals surface area contributed by atoms with Crippen LogP contribution in [0.25, 0.3) is 11.1 Å². The molecule has 0 aromatic heterocycles. The smallest absolute Gasteiger partial charge is 0.489 e. The molecule has 0 aliphatic rings. The summed E-state index contributed by atoms with van der Waals surface area (Å²) in [5.41, 5.74) is 7.84. The zero-order valence-corrected chi connectivity index (χ0v) is 12.4. The molecule has 0 heterocycles. The van der Waals surface area contributed by atoms with E-state index in [9.17, 15) is 13.2 Å². The fraction of sp³-hybridized carbons (Fsp3) is 0.250. The van der Waals surface area contributed by atoms with Crippen molar-refractivity contribution >= 4 is 5.69 Å². The number of methoxy groups -OCH3 is 1. The predicted molar refractivity (Wildman–Crippen MR) is 80.3 cm³/mol. The van der Waals surface area contributed by atoms with Crippen molar-refractivity contribution in [1.29, 1.82) is 0 Å². The summed E-state index contributed by atoms with van der Waals surface area (Å²) >= 11 is 0. The first-order valence-electron chi connectivity index (χ1n) is 6.76. The minimum absolute atomic E-state index is 0.270. The van der Waals surface area contributed by atoms with Crippen LogP contribution in [0, 0.1) is 0 Å². The summed E-state index contributed by atoms with van der Waals surface area (Å²) in [6, 6.07) is 10.7. The molecule has 7 heteroatoms. The molecule has 0 aliphatic heterocycles. The molecule has 124 valence electrons. The highest BCUT2D eigenvalue weighted by Crippen LogP contribution is 2.30. The third-order valence-electron chi connectivity index (χ3n) is 2.98. The Morgan fingerprint density at radius 2 is 1.61 bits per heavy atom. The second-order valence-corrected chi connectivity index (χ2v) is 4.67. The van der Waals surface area contributed by atoms with E-state index in [4.69, 9.17) is 15.2 Å². The van der Waals surface area contributed by atoms with Crippen molar-refractivity contribution in [2.45, 2.75) is 6.36 Å². The van der Waals surface area contributed by atoms with Gasteiger partial charge < -0.3 is 19.9 Å². The summed E-state index contributed by atoms with van der Waals surface area (Å²) in [6.45, 7) is 0.825. The Hall–Kier alpha value is -2.41. The van der Waals surface area contributed by atoms with Crippen molar-refractivity contribution in [3.63, 3.8) is 0 Å². The number of nitrogen functional groups attached to an aromatic ring is 1. The zero-order valence-electron chi connectivity index (χ0n) is 12.4. The van der Waals surface area contributed by atoms with E-state index in [0.29, 0.717) is 24.7 Å². The molecule has 23 heavy (non-hydrogen) atoms. The maximum Gasteiger partial charge on any atom is 0.573 e. The van der Waals surface area contributed by atoms with E-state index in [1.807, 2.05) is 0 Å². The Morgan fingerprint density at radius 3 is 2.17 bits per heavy atom. The molecule has 0 amide bonds. The quantitative estimate of drug-likeness (QED) is 0.646. The SMILES string of the molecule is COCCOc1ccc(-c2ccc(OC(F)(F)F)cc2)cc1N. The van der Waals surface area contributed by atoms with E-state index in [0.717, 1.165) is 11.1 Å². The molecule has 0 spiro atoms. The molecule has 0 unspecified atom stereocenters. The first-order valence-corrected chi connectivity index (χ1v) is 6.76. The van der Waals surface area contributed by atoms with E-state index >= 15 is 0 Å². The highest BCUT2D eigenvalue weighted by Gasteiger charge is 2.30. The third kappa shape index (κ3) is 5.07. The van der Waals surface area contributed by atoms with Gasteiger partial charge in [0.25, 0.3) is 0 Å². The Morgan fingerprint density at radius 1 is 0.957 bits per heavy atom. The second kappa shape index (κ2) is 7.23. The normalized spacial score (nSPS) is 11.3. The van der Waals surface area contributed by atoms with Gasteiger partial charge in [-0.25, -0.2) is 0 Å². The van der Waals surface area contributed by atoms with Crippen molar-refractivity contribution in [1.82, 2.24) is 0 Å². The molecule has 0 fully saturated rings. The van der Waals surface area contributed by atoms with Crippen LogP contribution in [0.15, 0.2) is 42.5 Å². The minimum Gasteiger partial charge on any atom is -0.489 e. The molecule has 2 aromatic carbocycles. The minimum atomic E-state index is -4.70. The largest absolute Gasteiger partial charge is 0.573 e. The van der Waals surface area contributed by atoms with Crippen LogP contribution in [0.3, 0.4) is 0 Å². The number of benzene rings is 2. The van der Waals surface area contributed by atoms with Crippen LogP contribution >= 0.6 is 0 Å². The van der Waals surface area contributed by atoms with E-state index in [-0.39, 0.29) is 5.75 Å². The predicted octanol–water partition coefficient (Wildman–Crippen LogP) is 3.86. The number of rotatable bonds is 6. The van der Waals surface area contributed by atoms with Crippen LogP contribution in [0.4, 0.5) is 18.9 Å². The summed E-state index contributed by atoms with van der Waals surface area (Å²) in [7, 11) is 1.57. The zero-order chi connectivity index (χ0) is 16.9. The summed E-state index contributed by atoms with van der Waals surface area (Å²) < 4.78 is 50.5. The molecule has 0 saturated carbocycles. The molecule has 4 nitrogen and oxygen atoms in total.